The van der Waals surface area contributed by atoms with Crippen LogP contribution in [0.1, 0.15) is 122 Å². The highest BCUT2D eigenvalue weighted by molar-refractivity contribution is 6.99. The van der Waals surface area contributed by atoms with Crippen molar-refractivity contribution in [2.75, 3.05) is 0 Å². The Bertz CT molecular complexity index is 1760. The molecule has 0 fully saturated rings. The van der Waals surface area contributed by atoms with Crippen molar-refractivity contribution in [3.8, 4) is 0 Å². The zero-order chi connectivity index (χ0) is 33.0. The summed E-state index contributed by atoms with van der Waals surface area (Å²) in [5, 5.41) is 0. The zero-order valence-electron chi connectivity index (χ0n) is 29.8. The summed E-state index contributed by atoms with van der Waals surface area (Å²) in [5.74, 6) is 0. The number of hydrogen-bond donors (Lipinski definition) is 0. The average molecular weight is 637 g/mol. The van der Waals surface area contributed by atoms with E-state index in [2.05, 4.69) is 166 Å². The minimum atomic E-state index is -0.998. The first-order valence-corrected chi connectivity index (χ1v) is 22.0. The molecule has 0 aliphatic heterocycles. The van der Waals surface area contributed by atoms with Crippen molar-refractivity contribution in [2.24, 2.45) is 0 Å². The summed E-state index contributed by atoms with van der Waals surface area (Å²) in [4.78, 5) is 0. The Hall–Kier alpha value is -3.21. The molecule has 0 radical (unpaired) electrons. The van der Waals surface area contributed by atoms with E-state index < -0.39 is 15.8 Å². The molecule has 2 unspecified atom stereocenters. The van der Waals surface area contributed by atoms with Crippen molar-refractivity contribution >= 4 is 39.1 Å². The fourth-order valence-electron chi connectivity index (χ4n) is 7.93. The second kappa shape index (κ2) is 12.4. The number of benzene rings is 4. The van der Waals surface area contributed by atoms with E-state index in [0.717, 1.165) is 0 Å². The van der Waals surface area contributed by atoms with E-state index in [4.69, 9.17) is 0 Å². The average Bonchev–Trinajstić information content (AvgIpc) is 3.57. The monoisotopic (exact) mass is 636 g/mol. The van der Waals surface area contributed by atoms with Crippen molar-refractivity contribution < 1.29 is 0 Å². The van der Waals surface area contributed by atoms with Crippen LogP contribution < -0.4 is 0 Å². The molecule has 0 saturated carbocycles. The molecule has 0 N–H and O–H groups in total. The molecule has 4 aromatic rings. The van der Waals surface area contributed by atoms with Crippen LogP contribution in [0.25, 0.3) is 23.3 Å². The third-order valence-electron chi connectivity index (χ3n) is 10.5. The van der Waals surface area contributed by atoms with Gasteiger partial charge in [-0.3, -0.25) is 0 Å². The second-order valence-electron chi connectivity index (χ2n) is 15.6. The minimum absolute atomic E-state index is 0.138. The third kappa shape index (κ3) is 5.88. The lowest BCUT2D eigenvalue weighted by molar-refractivity contribution is 0.589. The van der Waals surface area contributed by atoms with Gasteiger partial charge in [0, 0.05) is 19.0 Å². The molecule has 236 valence electrons. The SMILES string of the molecule is CC[Si](CC)=[Si](C1C(c2ccc(C(C)(C)C)cc2C)=Cc2ccccc21)C1C(c2ccc(C(C)(C)C)cc2C)=Cc2ccccc21. The molecule has 2 aliphatic carbocycles. The number of aryl methyl sites for hydroxylation is 2. The van der Waals surface area contributed by atoms with Gasteiger partial charge in [0.05, 0.1) is 0 Å². The molecule has 2 heteroatoms. The van der Waals surface area contributed by atoms with Gasteiger partial charge in [-0.25, -0.2) is 0 Å². The quantitative estimate of drug-likeness (QED) is 0.185. The van der Waals surface area contributed by atoms with Crippen LogP contribution in [0.15, 0.2) is 84.9 Å². The van der Waals surface area contributed by atoms with E-state index in [9.17, 15) is 0 Å². The molecular formula is C44H52Si2. The first-order valence-electron chi connectivity index (χ1n) is 17.4. The second-order valence-corrected chi connectivity index (χ2v) is 24.2. The molecule has 0 nitrogen and oxygen atoms in total. The van der Waals surface area contributed by atoms with Crippen molar-refractivity contribution in [3.63, 3.8) is 0 Å². The van der Waals surface area contributed by atoms with Crippen LogP contribution in [0, 0.1) is 13.8 Å². The molecule has 0 heterocycles. The Morgan fingerprint density at radius 2 is 0.935 bits per heavy atom. The number of fused-ring (bicyclic) bond motifs is 2. The van der Waals surface area contributed by atoms with Crippen molar-refractivity contribution in [1.82, 2.24) is 0 Å². The van der Waals surface area contributed by atoms with E-state index in [1.807, 2.05) is 0 Å². The molecule has 2 atom stereocenters. The van der Waals surface area contributed by atoms with Gasteiger partial charge < -0.3 is 0 Å². The topological polar surface area (TPSA) is 0 Å². The fraction of sp³-hybridized carbons (Fsp3) is 0.364. The summed E-state index contributed by atoms with van der Waals surface area (Å²) in [5.41, 5.74) is 18.9. The van der Waals surface area contributed by atoms with Crippen LogP contribution >= 0.6 is 0 Å². The largest absolute Gasteiger partial charge is 0.0652 e. The molecule has 0 bridgehead atoms. The van der Waals surface area contributed by atoms with Crippen LogP contribution in [-0.4, -0.2) is 15.8 Å². The lowest BCUT2D eigenvalue weighted by Crippen LogP contribution is -2.32. The zero-order valence-corrected chi connectivity index (χ0v) is 31.8. The van der Waals surface area contributed by atoms with Gasteiger partial charge in [-0.15, -0.1) is 0 Å². The summed E-state index contributed by atoms with van der Waals surface area (Å²) in [6, 6.07) is 36.0. The fourth-order valence-corrected chi connectivity index (χ4v) is 19.5. The first kappa shape index (κ1) is 32.7. The molecule has 0 saturated heterocycles. The third-order valence-corrected chi connectivity index (χ3v) is 21.9. The van der Waals surface area contributed by atoms with Gasteiger partial charge in [0.2, 0.25) is 0 Å². The Morgan fingerprint density at radius 3 is 1.28 bits per heavy atom. The predicted molar refractivity (Wildman–Crippen MR) is 206 cm³/mol. The number of allylic oxidation sites excluding steroid dienone is 2. The summed E-state index contributed by atoms with van der Waals surface area (Å²) in [7, 11) is -1.66. The van der Waals surface area contributed by atoms with Crippen LogP contribution in [-0.2, 0) is 10.8 Å². The highest BCUT2D eigenvalue weighted by Gasteiger charge is 2.40. The normalized spacial score (nSPS) is 17.3. The lowest BCUT2D eigenvalue weighted by atomic mass is 9.84. The van der Waals surface area contributed by atoms with Crippen LogP contribution in [0.3, 0.4) is 0 Å². The van der Waals surface area contributed by atoms with Crippen LogP contribution in [0.2, 0.25) is 12.1 Å². The molecule has 46 heavy (non-hydrogen) atoms. The summed E-state index contributed by atoms with van der Waals surface area (Å²) in [6.07, 6.45) is 5.14. The molecule has 0 amide bonds. The maximum atomic E-state index is 2.57. The smallest absolute Gasteiger partial charge is 0.0154 e. The van der Waals surface area contributed by atoms with Crippen molar-refractivity contribution in [1.29, 1.82) is 0 Å². The van der Waals surface area contributed by atoms with Crippen LogP contribution in [0.5, 0.6) is 0 Å². The van der Waals surface area contributed by atoms with Gasteiger partial charge in [-0.2, -0.15) is 0 Å². The first-order chi connectivity index (χ1) is 21.8. The van der Waals surface area contributed by atoms with Gasteiger partial charge in [0.1, 0.15) is 0 Å². The van der Waals surface area contributed by atoms with Crippen LogP contribution in [0.4, 0.5) is 0 Å². The molecule has 2 aliphatic rings. The summed E-state index contributed by atoms with van der Waals surface area (Å²) < 4.78 is 0. The molecule has 0 spiro atoms. The molecule has 0 aromatic heterocycles. The van der Waals surface area contributed by atoms with E-state index in [1.54, 1.807) is 22.3 Å². The van der Waals surface area contributed by atoms with E-state index in [1.165, 1.54) is 56.6 Å². The minimum Gasteiger partial charge on any atom is -0.0652 e. The standard InChI is InChI=1S/C44H52Si2/c1-11-45(12-2)46(41-37-19-15-13-17-31(37)27-39(41)35-23-21-33(25-29(35)3)43(5,6)7)42-38-20-16-14-18-32(38)28-40(42)36-24-22-34(26-30(36)4)44(8,9)10/h13-28,41-42H,11-12H2,1-10H3. The molecule has 6 rings (SSSR count). The Balaban J connectivity index is 1.60. The maximum absolute atomic E-state index is 2.57. The van der Waals surface area contributed by atoms with E-state index >= 15 is 0 Å². The summed E-state index contributed by atoms with van der Waals surface area (Å²) >= 11 is 0. The Morgan fingerprint density at radius 1 is 0.543 bits per heavy atom. The number of rotatable bonds is 6. The highest BCUT2D eigenvalue weighted by Crippen LogP contribution is 2.51. The maximum Gasteiger partial charge on any atom is 0.0154 e. The van der Waals surface area contributed by atoms with Gasteiger partial charge in [-0.05, 0) is 99.3 Å². The molecular weight excluding hydrogens is 585 g/mol. The van der Waals surface area contributed by atoms with Gasteiger partial charge >= 0.3 is 0 Å². The Labute approximate surface area is 281 Å². The van der Waals surface area contributed by atoms with Gasteiger partial charge in [0.15, 0.2) is 0 Å². The Kier molecular flexibility index (Phi) is 8.84. The van der Waals surface area contributed by atoms with Gasteiger partial charge in [-0.1, -0.05) is 165 Å². The van der Waals surface area contributed by atoms with Gasteiger partial charge in [0.25, 0.3) is 0 Å². The van der Waals surface area contributed by atoms with E-state index in [0.29, 0.717) is 11.1 Å². The molecule has 4 aromatic carbocycles. The lowest BCUT2D eigenvalue weighted by Gasteiger charge is -2.32. The highest BCUT2D eigenvalue weighted by atomic mass is 28.9. The van der Waals surface area contributed by atoms with Crippen molar-refractivity contribution in [2.45, 2.75) is 103 Å². The predicted octanol–water partition coefficient (Wildman–Crippen LogP) is 12.1. The summed E-state index contributed by atoms with van der Waals surface area (Å²) in [6.45, 7) is 23.6. The van der Waals surface area contributed by atoms with E-state index in [-0.39, 0.29) is 10.8 Å². The number of hydrogen-bond acceptors (Lipinski definition) is 0. The van der Waals surface area contributed by atoms with Crippen molar-refractivity contribution in [3.05, 3.63) is 141 Å².